The van der Waals surface area contributed by atoms with E-state index in [9.17, 15) is 14.0 Å². The molecule has 0 saturated heterocycles. The van der Waals surface area contributed by atoms with Crippen molar-refractivity contribution in [1.82, 2.24) is 19.2 Å². The first-order chi connectivity index (χ1) is 14.6. The highest BCUT2D eigenvalue weighted by molar-refractivity contribution is 7.99. The number of hydrogen-bond acceptors (Lipinski definition) is 5. The number of Topliss-reactive ketones (excluding diaryl/α,β-unsaturated/α-hetero) is 1. The van der Waals surface area contributed by atoms with Crippen LogP contribution in [0.1, 0.15) is 42.1 Å². The van der Waals surface area contributed by atoms with Crippen molar-refractivity contribution in [2.75, 3.05) is 5.75 Å². The summed E-state index contributed by atoms with van der Waals surface area (Å²) >= 11 is 1.20. The fourth-order valence-electron chi connectivity index (χ4n) is 4.18. The van der Waals surface area contributed by atoms with Gasteiger partial charge in [0.05, 0.1) is 22.2 Å². The van der Waals surface area contributed by atoms with Crippen LogP contribution in [-0.4, -0.2) is 30.7 Å². The molecule has 152 valence electrons. The van der Waals surface area contributed by atoms with Crippen LogP contribution in [0.15, 0.2) is 58.5 Å². The van der Waals surface area contributed by atoms with Gasteiger partial charge < -0.3 is 0 Å². The van der Waals surface area contributed by atoms with Crippen molar-refractivity contribution in [3.8, 4) is 0 Å². The molecule has 0 radical (unpaired) electrons. The van der Waals surface area contributed by atoms with Crippen LogP contribution in [0.4, 0.5) is 4.39 Å². The fraction of sp³-hybridized carbons (Fsp3) is 0.273. The third-order valence-corrected chi connectivity index (χ3v) is 6.55. The summed E-state index contributed by atoms with van der Waals surface area (Å²) in [5.74, 6) is -0.331. The molecule has 0 amide bonds. The zero-order valence-electron chi connectivity index (χ0n) is 16.1. The highest BCUT2D eigenvalue weighted by atomic mass is 32.2. The van der Waals surface area contributed by atoms with E-state index in [1.807, 2.05) is 28.7 Å². The van der Waals surface area contributed by atoms with E-state index >= 15 is 0 Å². The molecule has 1 saturated carbocycles. The van der Waals surface area contributed by atoms with E-state index in [-0.39, 0.29) is 28.7 Å². The number of nitrogens with zero attached hydrogens (tertiary/aromatic N) is 4. The topological polar surface area (TPSA) is 69.3 Å². The Kier molecular flexibility index (Phi) is 4.86. The number of carbonyl (C=O) groups excluding carboxylic acids is 1. The number of fused-ring (bicyclic) bond motifs is 3. The van der Waals surface area contributed by atoms with Crippen LogP contribution in [0.5, 0.6) is 0 Å². The summed E-state index contributed by atoms with van der Waals surface area (Å²) in [6.07, 6.45) is 4.05. The van der Waals surface area contributed by atoms with E-state index in [0.717, 1.165) is 25.7 Å². The normalized spacial score (nSPS) is 14.7. The zero-order chi connectivity index (χ0) is 20.7. The number of benzene rings is 2. The second-order valence-corrected chi connectivity index (χ2v) is 8.38. The third kappa shape index (κ3) is 3.11. The Morgan fingerprint density at radius 2 is 1.80 bits per heavy atom. The number of hydrogen-bond donors (Lipinski definition) is 0. The van der Waals surface area contributed by atoms with Crippen LogP contribution in [0.2, 0.25) is 0 Å². The molecule has 6 nitrogen and oxygen atoms in total. The van der Waals surface area contributed by atoms with Crippen molar-refractivity contribution in [3.05, 3.63) is 70.3 Å². The predicted molar refractivity (Wildman–Crippen MR) is 114 cm³/mol. The molecule has 0 N–H and O–H groups in total. The Labute approximate surface area is 175 Å². The lowest BCUT2D eigenvalue weighted by Gasteiger charge is -2.16. The summed E-state index contributed by atoms with van der Waals surface area (Å²) < 4.78 is 17.5. The predicted octanol–water partition coefficient (Wildman–Crippen LogP) is 4.27. The lowest BCUT2D eigenvalue weighted by atomic mass is 10.1. The second kappa shape index (κ2) is 7.68. The van der Waals surface area contributed by atoms with Crippen molar-refractivity contribution in [2.24, 2.45) is 0 Å². The number of thioether (sulfide) groups is 1. The van der Waals surface area contributed by atoms with Gasteiger partial charge in [0.15, 0.2) is 10.9 Å². The van der Waals surface area contributed by atoms with Gasteiger partial charge in [0.25, 0.3) is 5.56 Å². The standard InChI is InChI=1S/C22H19FN4O2S/c23-17-11-5-3-9-15(17)19(28)13-30-22-25-24-21-26(14-7-1-2-8-14)20(29)16-10-4-6-12-18(16)27(21)22/h3-6,9-12,14H,1-2,7-8,13H2. The Hall–Kier alpha value is -3.00. The molecule has 2 aromatic carbocycles. The number of halogens is 1. The molecule has 8 heteroatoms. The number of rotatable bonds is 5. The smallest absolute Gasteiger partial charge is 0.263 e. The van der Waals surface area contributed by atoms with Crippen LogP contribution in [0, 0.1) is 5.82 Å². The summed E-state index contributed by atoms with van der Waals surface area (Å²) in [5, 5.41) is 9.70. The van der Waals surface area contributed by atoms with E-state index < -0.39 is 5.82 Å². The van der Waals surface area contributed by atoms with E-state index in [2.05, 4.69) is 10.2 Å². The maximum atomic E-state index is 13.9. The summed E-state index contributed by atoms with van der Waals surface area (Å²) in [5.41, 5.74) is 0.709. The number of para-hydroxylation sites is 1. The largest absolute Gasteiger partial charge is 0.293 e. The Bertz CT molecular complexity index is 1320. The van der Waals surface area contributed by atoms with E-state index in [1.54, 1.807) is 16.7 Å². The molecule has 4 aromatic rings. The average molecular weight is 422 g/mol. The van der Waals surface area contributed by atoms with Crippen LogP contribution < -0.4 is 5.56 Å². The first kappa shape index (κ1) is 19.0. The fourth-order valence-corrected chi connectivity index (χ4v) is 5.00. The molecule has 0 bridgehead atoms. The van der Waals surface area contributed by atoms with Gasteiger partial charge in [0.1, 0.15) is 5.82 Å². The maximum absolute atomic E-state index is 13.9. The summed E-state index contributed by atoms with van der Waals surface area (Å²) in [6, 6.07) is 13.4. The monoisotopic (exact) mass is 422 g/mol. The van der Waals surface area contributed by atoms with E-state index in [4.69, 9.17) is 0 Å². The molecule has 0 aliphatic heterocycles. The molecule has 0 unspecified atom stereocenters. The molecule has 0 spiro atoms. The Balaban J connectivity index is 1.59. The molecule has 2 aromatic heterocycles. The molecule has 0 atom stereocenters. The minimum Gasteiger partial charge on any atom is -0.293 e. The Morgan fingerprint density at radius 1 is 1.07 bits per heavy atom. The summed E-state index contributed by atoms with van der Waals surface area (Å²) in [6.45, 7) is 0. The van der Waals surface area contributed by atoms with Crippen LogP contribution in [0.3, 0.4) is 0 Å². The highest BCUT2D eigenvalue weighted by Crippen LogP contribution is 2.31. The van der Waals surface area contributed by atoms with Crippen molar-refractivity contribution in [3.63, 3.8) is 0 Å². The maximum Gasteiger partial charge on any atom is 0.263 e. The van der Waals surface area contributed by atoms with Crippen molar-refractivity contribution in [2.45, 2.75) is 36.9 Å². The van der Waals surface area contributed by atoms with Crippen LogP contribution >= 0.6 is 11.8 Å². The zero-order valence-corrected chi connectivity index (χ0v) is 16.9. The van der Waals surface area contributed by atoms with Gasteiger partial charge in [0.2, 0.25) is 5.78 Å². The molecule has 2 heterocycles. The van der Waals surface area contributed by atoms with Gasteiger partial charge >= 0.3 is 0 Å². The first-order valence-corrected chi connectivity index (χ1v) is 10.9. The molecule has 5 rings (SSSR count). The van der Waals surface area contributed by atoms with Gasteiger partial charge in [-0.15, -0.1) is 10.2 Å². The highest BCUT2D eigenvalue weighted by Gasteiger charge is 2.25. The molecular weight excluding hydrogens is 403 g/mol. The van der Waals surface area contributed by atoms with Gasteiger partial charge in [-0.1, -0.05) is 48.9 Å². The van der Waals surface area contributed by atoms with Gasteiger partial charge in [-0.25, -0.2) is 4.39 Å². The van der Waals surface area contributed by atoms with Crippen LogP contribution in [-0.2, 0) is 0 Å². The number of ketones is 1. The quantitative estimate of drug-likeness (QED) is 0.355. The van der Waals surface area contributed by atoms with Gasteiger partial charge in [-0.3, -0.25) is 18.6 Å². The SMILES string of the molecule is O=C(CSc1nnc2n(C3CCCC3)c(=O)c3ccccc3n12)c1ccccc1F. The van der Waals surface area contributed by atoms with Crippen molar-refractivity contribution >= 4 is 34.2 Å². The van der Waals surface area contributed by atoms with Gasteiger partial charge in [0, 0.05) is 6.04 Å². The van der Waals surface area contributed by atoms with E-state index in [1.165, 1.54) is 23.9 Å². The third-order valence-electron chi connectivity index (χ3n) is 5.62. The minimum absolute atomic E-state index is 0.0264. The molecule has 1 fully saturated rings. The lowest BCUT2D eigenvalue weighted by molar-refractivity contribution is 0.101. The van der Waals surface area contributed by atoms with Crippen molar-refractivity contribution < 1.29 is 9.18 Å². The molecule has 30 heavy (non-hydrogen) atoms. The minimum atomic E-state index is -0.533. The lowest BCUT2D eigenvalue weighted by Crippen LogP contribution is -2.26. The van der Waals surface area contributed by atoms with Crippen molar-refractivity contribution in [1.29, 1.82) is 0 Å². The Morgan fingerprint density at radius 3 is 2.60 bits per heavy atom. The van der Waals surface area contributed by atoms with Crippen LogP contribution in [0.25, 0.3) is 16.7 Å². The first-order valence-electron chi connectivity index (χ1n) is 9.94. The summed E-state index contributed by atoms with van der Waals surface area (Å²) in [4.78, 5) is 25.7. The molecule has 1 aliphatic rings. The van der Waals surface area contributed by atoms with E-state index in [0.29, 0.717) is 21.8 Å². The summed E-state index contributed by atoms with van der Waals surface area (Å²) in [7, 11) is 0. The number of carbonyl (C=O) groups is 1. The second-order valence-electron chi connectivity index (χ2n) is 7.44. The number of aromatic nitrogens is 4. The molecular formula is C22H19FN4O2S. The van der Waals surface area contributed by atoms with Gasteiger partial charge in [-0.2, -0.15) is 0 Å². The average Bonchev–Trinajstić information content (AvgIpc) is 3.43. The molecule has 1 aliphatic carbocycles. The van der Waals surface area contributed by atoms with Gasteiger partial charge in [-0.05, 0) is 37.1 Å².